The van der Waals surface area contributed by atoms with Crippen molar-refractivity contribution < 1.29 is 0 Å². The summed E-state index contributed by atoms with van der Waals surface area (Å²) in [5.74, 6) is 0.621. The second-order valence-corrected chi connectivity index (χ2v) is 5.69. The number of piperazine rings is 1. The number of hydrogen-bond donors (Lipinski definition) is 1. The highest BCUT2D eigenvalue weighted by atomic mass is 35.5. The number of halogens is 2. The van der Waals surface area contributed by atoms with Crippen LogP contribution in [0.1, 0.15) is 13.8 Å². The van der Waals surface area contributed by atoms with Gasteiger partial charge in [-0.15, -0.1) is 0 Å². The summed E-state index contributed by atoms with van der Waals surface area (Å²) in [6.07, 6.45) is 0. The molecule has 1 fully saturated rings. The van der Waals surface area contributed by atoms with Crippen molar-refractivity contribution in [1.82, 2.24) is 5.32 Å². The van der Waals surface area contributed by atoms with Crippen molar-refractivity contribution in [1.29, 1.82) is 0 Å². The van der Waals surface area contributed by atoms with Crippen LogP contribution in [0.2, 0.25) is 10.0 Å². The normalized spacial score (nSPS) is 21.0. The first-order valence-electron chi connectivity index (χ1n) is 6.01. The average Bonchev–Trinajstić information content (AvgIpc) is 2.32. The Bertz CT molecular complexity index is 393. The molecule has 1 unspecified atom stereocenters. The molecule has 94 valence electrons. The van der Waals surface area contributed by atoms with E-state index in [9.17, 15) is 0 Å². The van der Waals surface area contributed by atoms with Gasteiger partial charge in [-0.25, -0.2) is 0 Å². The maximum absolute atomic E-state index is 6.24. The summed E-state index contributed by atoms with van der Waals surface area (Å²) >= 11 is 12.3. The van der Waals surface area contributed by atoms with Crippen LogP contribution in [0.3, 0.4) is 0 Å². The molecule has 2 rings (SSSR count). The Kier molecular flexibility index (Phi) is 4.18. The van der Waals surface area contributed by atoms with Crippen LogP contribution < -0.4 is 10.2 Å². The average molecular weight is 273 g/mol. The van der Waals surface area contributed by atoms with Gasteiger partial charge in [-0.05, 0) is 24.1 Å². The monoisotopic (exact) mass is 272 g/mol. The molecule has 1 aliphatic heterocycles. The predicted octanol–water partition coefficient (Wildman–Crippen LogP) is 3.43. The summed E-state index contributed by atoms with van der Waals surface area (Å²) in [5, 5.41) is 5.05. The fraction of sp³-hybridized carbons (Fsp3) is 0.538. The zero-order valence-electron chi connectivity index (χ0n) is 10.2. The lowest BCUT2D eigenvalue weighted by atomic mass is 10.0. The van der Waals surface area contributed by atoms with Crippen molar-refractivity contribution in [2.24, 2.45) is 5.92 Å². The SMILES string of the molecule is CC(C)C1CN(c2cc(Cl)ccc2Cl)CCN1. The molecule has 0 aromatic heterocycles. The van der Waals surface area contributed by atoms with Crippen molar-refractivity contribution in [2.75, 3.05) is 24.5 Å². The summed E-state index contributed by atoms with van der Waals surface area (Å²) in [7, 11) is 0. The second-order valence-electron chi connectivity index (χ2n) is 4.85. The Morgan fingerprint density at radius 3 is 2.82 bits per heavy atom. The fourth-order valence-corrected chi connectivity index (χ4v) is 2.58. The molecular weight excluding hydrogens is 255 g/mol. The predicted molar refractivity (Wildman–Crippen MR) is 75.3 cm³/mol. The first-order chi connectivity index (χ1) is 8.08. The summed E-state index contributed by atoms with van der Waals surface area (Å²) in [4.78, 5) is 2.31. The van der Waals surface area contributed by atoms with Gasteiger partial charge in [-0.1, -0.05) is 37.0 Å². The van der Waals surface area contributed by atoms with Gasteiger partial charge in [0.2, 0.25) is 0 Å². The van der Waals surface area contributed by atoms with Crippen LogP contribution >= 0.6 is 23.2 Å². The third kappa shape index (κ3) is 3.06. The molecule has 1 aromatic carbocycles. The van der Waals surface area contributed by atoms with Gasteiger partial charge in [0, 0.05) is 30.7 Å². The van der Waals surface area contributed by atoms with E-state index in [1.54, 1.807) is 0 Å². The Morgan fingerprint density at radius 1 is 1.35 bits per heavy atom. The lowest BCUT2D eigenvalue weighted by Gasteiger charge is -2.37. The van der Waals surface area contributed by atoms with Gasteiger partial charge in [0.25, 0.3) is 0 Å². The van der Waals surface area contributed by atoms with Gasteiger partial charge < -0.3 is 10.2 Å². The first-order valence-corrected chi connectivity index (χ1v) is 6.77. The number of rotatable bonds is 2. The lowest BCUT2D eigenvalue weighted by molar-refractivity contribution is 0.368. The van der Waals surface area contributed by atoms with Crippen molar-refractivity contribution in [3.05, 3.63) is 28.2 Å². The second kappa shape index (κ2) is 5.47. The number of anilines is 1. The minimum absolute atomic E-state index is 0.513. The summed E-state index contributed by atoms with van der Waals surface area (Å²) < 4.78 is 0. The maximum atomic E-state index is 6.24. The molecule has 0 aliphatic carbocycles. The van der Waals surface area contributed by atoms with E-state index in [2.05, 4.69) is 24.1 Å². The molecule has 0 spiro atoms. The Labute approximate surface area is 113 Å². The van der Waals surface area contributed by atoms with Crippen LogP contribution in [0.5, 0.6) is 0 Å². The third-order valence-corrected chi connectivity index (χ3v) is 3.81. The van der Waals surface area contributed by atoms with Gasteiger partial charge in [0.15, 0.2) is 0 Å². The molecule has 1 aromatic rings. The zero-order chi connectivity index (χ0) is 12.4. The molecule has 1 atom stereocenters. The molecule has 4 heteroatoms. The van der Waals surface area contributed by atoms with E-state index >= 15 is 0 Å². The van der Waals surface area contributed by atoms with E-state index in [0.717, 1.165) is 35.4 Å². The van der Waals surface area contributed by atoms with Gasteiger partial charge in [-0.2, -0.15) is 0 Å². The van der Waals surface area contributed by atoms with Crippen molar-refractivity contribution >= 4 is 28.9 Å². The number of hydrogen-bond acceptors (Lipinski definition) is 2. The van der Waals surface area contributed by atoms with Crippen LogP contribution in [0.4, 0.5) is 5.69 Å². The molecule has 1 heterocycles. The van der Waals surface area contributed by atoms with E-state index in [-0.39, 0.29) is 0 Å². The van der Waals surface area contributed by atoms with Gasteiger partial charge >= 0.3 is 0 Å². The van der Waals surface area contributed by atoms with Crippen molar-refractivity contribution in [3.8, 4) is 0 Å². The van der Waals surface area contributed by atoms with Crippen LogP contribution in [0, 0.1) is 5.92 Å². The van der Waals surface area contributed by atoms with Gasteiger partial charge in [0.05, 0.1) is 10.7 Å². The Balaban J connectivity index is 2.18. The molecule has 0 saturated carbocycles. The Morgan fingerprint density at radius 2 is 2.12 bits per heavy atom. The van der Waals surface area contributed by atoms with Crippen LogP contribution in [0.25, 0.3) is 0 Å². The Hall–Kier alpha value is -0.440. The van der Waals surface area contributed by atoms with E-state index in [0.29, 0.717) is 12.0 Å². The molecule has 1 aliphatic rings. The molecule has 0 amide bonds. The summed E-state index contributed by atoms with van der Waals surface area (Å²) in [6.45, 7) is 7.42. The van der Waals surface area contributed by atoms with Crippen LogP contribution in [-0.4, -0.2) is 25.7 Å². The smallest absolute Gasteiger partial charge is 0.0640 e. The van der Waals surface area contributed by atoms with Crippen molar-refractivity contribution in [2.45, 2.75) is 19.9 Å². The van der Waals surface area contributed by atoms with E-state index < -0.39 is 0 Å². The standard InChI is InChI=1S/C13H18Cl2N2/c1-9(2)12-8-17(6-5-16-12)13-7-10(14)3-4-11(13)15/h3-4,7,9,12,16H,5-6,8H2,1-2H3. The zero-order valence-corrected chi connectivity index (χ0v) is 11.7. The number of nitrogens with zero attached hydrogens (tertiary/aromatic N) is 1. The summed E-state index contributed by atoms with van der Waals surface area (Å²) in [5.41, 5.74) is 1.05. The van der Waals surface area contributed by atoms with E-state index in [1.807, 2.05) is 18.2 Å². The molecule has 1 saturated heterocycles. The first kappa shape index (κ1) is 13.0. The molecule has 1 N–H and O–H groups in total. The highest BCUT2D eigenvalue weighted by Gasteiger charge is 2.23. The van der Waals surface area contributed by atoms with Crippen molar-refractivity contribution in [3.63, 3.8) is 0 Å². The van der Waals surface area contributed by atoms with Crippen LogP contribution in [-0.2, 0) is 0 Å². The third-order valence-electron chi connectivity index (χ3n) is 3.26. The lowest BCUT2D eigenvalue weighted by Crippen LogP contribution is -2.53. The molecule has 0 bridgehead atoms. The van der Waals surface area contributed by atoms with Crippen LogP contribution in [0.15, 0.2) is 18.2 Å². The molecule has 17 heavy (non-hydrogen) atoms. The quantitative estimate of drug-likeness (QED) is 0.888. The van der Waals surface area contributed by atoms with Gasteiger partial charge in [0.1, 0.15) is 0 Å². The highest BCUT2D eigenvalue weighted by Crippen LogP contribution is 2.30. The molecule has 0 radical (unpaired) electrons. The molecule has 2 nitrogen and oxygen atoms in total. The van der Waals surface area contributed by atoms with E-state index in [4.69, 9.17) is 23.2 Å². The minimum atomic E-state index is 0.513. The topological polar surface area (TPSA) is 15.3 Å². The fourth-order valence-electron chi connectivity index (χ4n) is 2.17. The summed E-state index contributed by atoms with van der Waals surface area (Å²) in [6, 6.07) is 6.16. The minimum Gasteiger partial charge on any atom is -0.367 e. The van der Waals surface area contributed by atoms with E-state index in [1.165, 1.54) is 0 Å². The maximum Gasteiger partial charge on any atom is 0.0640 e. The number of nitrogens with one attached hydrogen (secondary N) is 1. The highest BCUT2D eigenvalue weighted by molar-refractivity contribution is 6.35. The largest absolute Gasteiger partial charge is 0.367 e. The van der Waals surface area contributed by atoms with Gasteiger partial charge in [-0.3, -0.25) is 0 Å². The molecular formula is C13H18Cl2N2. The number of benzene rings is 1.